The van der Waals surface area contributed by atoms with E-state index in [1.807, 2.05) is 46.0 Å². The van der Waals surface area contributed by atoms with Crippen molar-refractivity contribution < 1.29 is 19.4 Å². The first-order valence-corrected chi connectivity index (χ1v) is 17.2. The van der Waals surface area contributed by atoms with Gasteiger partial charge in [-0.25, -0.2) is 0 Å². The van der Waals surface area contributed by atoms with Gasteiger partial charge in [-0.1, -0.05) is 83.6 Å². The topological polar surface area (TPSA) is 103 Å². The lowest BCUT2D eigenvalue weighted by Crippen LogP contribution is -2.50. The molecule has 0 bridgehead atoms. The number of aliphatic hydroxyl groups excluding tert-OH is 1. The van der Waals surface area contributed by atoms with Gasteiger partial charge in [-0.05, 0) is 76.6 Å². The third-order valence-corrected chi connectivity index (χ3v) is 6.85. The number of rotatable bonds is 20. The third kappa shape index (κ3) is 27.6. The number of halogens is 1. The van der Waals surface area contributed by atoms with Gasteiger partial charge in [0, 0.05) is 32.6 Å². The molecule has 1 aliphatic carbocycles. The zero-order valence-corrected chi connectivity index (χ0v) is 30.6. The average Bonchev–Trinajstić information content (AvgIpc) is 3.28. The second-order valence-corrected chi connectivity index (χ2v) is 10.7. The number of nitrogens with one attached hydrogen (secondary N) is 3. The SMILES string of the molecule is C=C/C=C(C)\C=C/CCl.CC.CCCC(C)C(NCCOC1=C(CCCNC=O)CCCC=C1)C(=O)N(C)CCO.CCNC. The summed E-state index contributed by atoms with van der Waals surface area (Å²) in [6.07, 6.45) is 19.5. The lowest BCUT2D eigenvalue weighted by atomic mass is 9.95. The van der Waals surface area contributed by atoms with Crippen LogP contribution in [0.2, 0.25) is 0 Å². The first-order valence-electron chi connectivity index (χ1n) is 16.7. The summed E-state index contributed by atoms with van der Waals surface area (Å²) in [6.45, 7) is 19.0. The molecule has 2 amide bonds. The van der Waals surface area contributed by atoms with Crippen LogP contribution in [0.15, 0.2) is 59.9 Å². The highest BCUT2D eigenvalue weighted by molar-refractivity contribution is 6.18. The van der Waals surface area contributed by atoms with Gasteiger partial charge >= 0.3 is 0 Å². The molecule has 0 spiro atoms. The number of hydrogen-bond acceptors (Lipinski definition) is 6. The van der Waals surface area contributed by atoms with E-state index >= 15 is 0 Å². The van der Waals surface area contributed by atoms with Crippen molar-refractivity contribution in [2.75, 3.05) is 59.4 Å². The van der Waals surface area contributed by atoms with Crippen LogP contribution in [0.25, 0.3) is 0 Å². The molecule has 0 aromatic rings. The Morgan fingerprint density at radius 1 is 1.27 bits per heavy atom. The molecule has 0 aromatic carbocycles. The van der Waals surface area contributed by atoms with Crippen molar-refractivity contribution in [2.45, 2.75) is 92.5 Å². The molecular formula is C36H67ClN4O4. The highest BCUT2D eigenvalue weighted by Gasteiger charge is 2.26. The molecule has 8 nitrogen and oxygen atoms in total. The monoisotopic (exact) mass is 654 g/mol. The first kappa shape index (κ1) is 47.0. The number of alkyl halides is 1. The Morgan fingerprint density at radius 2 is 1.96 bits per heavy atom. The third-order valence-electron chi connectivity index (χ3n) is 6.67. The van der Waals surface area contributed by atoms with Gasteiger partial charge in [0.05, 0.1) is 12.6 Å². The molecule has 0 aliphatic heterocycles. The summed E-state index contributed by atoms with van der Waals surface area (Å²) in [5.74, 6) is 1.73. The Morgan fingerprint density at radius 3 is 2.51 bits per heavy atom. The standard InChI is InChI=1S/C23H41N3O4.C8H11Cl.C3H9N.C2H6/c1-4-9-19(2)22(23(29)26(3)15-16-27)25-14-17-30-21-12-7-5-6-10-20(21)11-8-13-24-18-28;1-3-5-8(2)6-4-7-9;1-3-4-2;1-2/h7,12,18-19,22,25,27H,4-6,8-11,13-17H2,1-3H3,(H,24,28);3-6H,1,7H2,2H3;4H,3H2,1-2H3;1-2H3/b;6-4-,8-5-;;. The van der Waals surface area contributed by atoms with Crippen molar-refractivity contribution in [1.29, 1.82) is 0 Å². The first-order chi connectivity index (χ1) is 21.8. The molecule has 45 heavy (non-hydrogen) atoms. The van der Waals surface area contributed by atoms with Gasteiger partial charge in [0.15, 0.2) is 0 Å². The fourth-order valence-electron chi connectivity index (χ4n) is 4.22. The van der Waals surface area contributed by atoms with Crippen molar-refractivity contribution >= 4 is 23.9 Å². The second kappa shape index (κ2) is 36.1. The van der Waals surface area contributed by atoms with Crippen molar-refractivity contribution in [3.05, 3.63) is 59.9 Å². The molecule has 0 saturated carbocycles. The fourth-order valence-corrected chi connectivity index (χ4v) is 4.31. The van der Waals surface area contributed by atoms with E-state index in [4.69, 9.17) is 21.4 Å². The summed E-state index contributed by atoms with van der Waals surface area (Å²) >= 11 is 5.41. The number of carbonyl (C=O) groups is 2. The van der Waals surface area contributed by atoms with Crippen LogP contribution >= 0.6 is 11.6 Å². The van der Waals surface area contributed by atoms with Crippen LogP contribution in [-0.2, 0) is 14.3 Å². The average molecular weight is 655 g/mol. The van der Waals surface area contributed by atoms with Crippen LogP contribution in [0.1, 0.15) is 86.5 Å². The number of ether oxygens (including phenoxy) is 1. The maximum atomic E-state index is 12.8. The Kier molecular flexibility index (Phi) is 37.7. The van der Waals surface area contributed by atoms with Crippen molar-refractivity contribution in [3.63, 3.8) is 0 Å². The molecule has 4 N–H and O–H groups in total. The van der Waals surface area contributed by atoms with Gasteiger partial charge < -0.3 is 30.7 Å². The van der Waals surface area contributed by atoms with Crippen LogP contribution < -0.4 is 16.0 Å². The zero-order valence-electron chi connectivity index (χ0n) is 29.8. The Balaban J connectivity index is -0.000000974. The summed E-state index contributed by atoms with van der Waals surface area (Å²) in [4.78, 5) is 24.8. The zero-order chi connectivity index (χ0) is 34.7. The van der Waals surface area contributed by atoms with Crippen molar-refractivity contribution in [1.82, 2.24) is 20.9 Å². The molecular weight excluding hydrogens is 588 g/mol. The van der Waals surface area contributed by atoms with E-state index < -0.39 is 0 Å². The van der Waals surface area contributed by atoms with Crippen molar-refractivity contribution in [2.24, 2.45) is 5.92 Å². The van der Waals surface area contributed by atoms with E-state index in [2.05, 4.69) is 55.5 Å². The number of amides is 2. The van der Waals surface area contributed by atoms with Gasteiger partial charge in [-0.3, -0.25) is 9.59 Å². The predicted octanol–water partition coefficient (Wildman–Crippen LogP) is 6.53. The predicted molar refractivity (Wildman–Crippen MR) is 195 cm³/mol. The van der Waals surface area contributed by atoms with Gasteiger partial charge in [-0.2, -0.15) is 0 Å². The molecule has 0 aromatic heterocycles. The Bertz CT molecular complexity index is 841. The van der Waals surface area contributed by atoms with Gasteiger partial charge in [0.25, 0.3) is 0 Å². The van der Waals surface area contributed by atoms with E-state index in [1.54, 1.807) is 18.0 Å². The smallest absolute Gasteiger partial charge is 0.239 e. The minimum absolute atomic E-state index is 0.0157. The van der Waals surface area contributed by atoms with Gasteiger partial charge in [0.1, 0.15) is 12.4 Å². The molecule has 1 rings (SSSR count). The van der Waals surface area contributed by atoms with E-state index in [9.17, 15) is 9.59 Å². The highest BCUT2D eigenvalue weighted by Crippen LogP contribution is 2.23. The molecule has 2 unspecified atom stereocenters. The maximum Gasteiger partial charge on any atom is 0.239 e. The second-order valence-electron chi connectivity index (χ2n) is 10.4. The van der Waals surface area contributed by atoms with Crippen molar-refractivity contribution in [3.8, 4) is 0 Å². The Hall–Kier alpha value is -2.39. The summed E-state index contributed by atoms with van der Waals surface area (Å²) in [5.41, 5.74) is 2.47. The number of hydrogen-bond donors (Lipinski definition) is 4. The number of carbonyl (C=O) groups excluding carboxylic acids is 2. The summed E-state index contributed by atoms with van der Waals surface area (Å²) in [6, 6.07) is -0.280. The highest BCUT2D eigenvalue weighted by atomic mass is 35.5. The van der Waals surface area contributed by atoms with E-state index in [1.165, 1.54) is 11.1 Å². The number of nitrogens with zero attached hydrogens (tertiary/aromatic N) is 1. The van der Waals surface area contributed by atoms with Gasteiger partial charge in [0.2, 0.25) is 12.3 Å². The quantitative estimate of drug-likeness (QED) is 0.0515. The summed E-state index contributed by atoms with van der Waals surface area (Å²) < 4.78 is 6.09. The lowest BCUT2D eigenvalue weighted by Gasteiger charge is -2.28. The van der Waals surface area contributed by atoms with Crippen LogP contribution in [-0.4, -0.2) is 87.7 Å². The van der Waals surface area contributed by atoms with Crippen LogP contribution in [0.5, 0.6) is 0 Å². The number of aliphatic hydroxyl groups is 1. The maximum absolute atomic E-state index is 12.8. The Labute approximate surface area is 281 Å². The van der Waals surface area contributed by atoms with Crippen LogP contribution in [0.4, 0.5) is 0 Å². The van der Waals surface area contributed by atoms with E-state index in [0.29, 0.717) is 32.1 Å². The fraction of sp³-hybridized carbons (Fsp3) is 0.667. The summed E-state index contributed by atoms with van der Waals surface area (Å²) in [7, 11) is 3.66. The normalized spacial score (nSPS) is 14.0. The number of allylic oxidation sites excluding steroid dienone is 8. The largest absolute Gasteiger partial charge is 0.492 e. The molecule has 0 heterocycles. The van der Waals surface area contributed by atoms with Gasteiger partial charge in [-0.15, -0.1) is 11.6 Å². The molecule has 2 atom stereocenters. The molecule has 0 radical (unpaired) electrons. The minimum atomic E-state index is -0.280. The number of likely N-dealkylation sites (N-methyl/N-ethyl adjacent to an activating group) is 1. The molecule has 262 valence electrons. The van der Waals surface area contributed by atoms with Crippen LogP contribution in [0.3, 0.4) is 0 Å². The molecule has 0 saturated heterocycles. The van der Waals surface area contributed by atoms with E-state index in [-0.39, 0.29) is 24.5 Å². The molecule has 0 fully saturated rings. The minimum Gasteiger partial charge on any atom is -0.492 e. The summed E-state index contributed by atoms with van der Waals surface area (Å²) in [5, 5.41) is 18.2. The lowest BCUT2D eigenvalue weighted by molar-refractivity contribution is -0.134. The molecule has 1 aliphatic rings. The molecule has 9 heteroatoms. The van der Waals surface area contributed by atoms with Crippen LogP contribution in [0, 0.1) is 5.92 Å². The van der Waals surface area contributed by atoms with E-state index in [0.717, 1.165) is 63.7 Å².